The van der Waals surface area contributed by atoms with Crippen LogP contribution in [0.15, 0.2) is 30.3 Å². The summed E-state index contributed by atoms with van der Waals surface area (Å²) in [4.78, 5) is 11.5. The van der Waals surface area contributed by atoms with Gasteiger partial charge in [-0.15, -0.1) is 0 Å². The predicted octanol–water partition coefficient (Wildman–Crippen LogP) is 3.91. The zero-order valence-electron chi connectivity index (χ0n) is 11.7. The zero-order chi connectivity index (χ0) is 14.0. The molecule has 0 amide bonds. The Morgan fingerprint density at radius 1 is 1.05 bits per heavy atom. The van der Waals surface area contributed by atoms with Crippen LogP contribution >= 0.6 is 7.82 Å². The summed E-state index contributed by atoms with van der Waals surface area (Å²) in [7, 11) is -4.23. The van der Waals surface area contributed by atoms with Gasteiger partial charge in [-0.1, -0.05) is 57.2 Å². The molecule has 0 heterocycles. The van der Waals surface area contributed by atoms with Crippen LogP contribution in [0.25, 0.3) is 0 Å². The van der Waals surface area contributed by atoms with Crippen molar-refractivity contribution in [2.24, 2.45) is 0 Å². The average Bonchev–Trinajstić information content (AvgIpc) is 2.38. The van der Waals surface area contributed by atoms with Gasteiger partial charge in [0.05, 0.1) is 6.61 Å². The van der Waals surface area contributed by atoms with Crippen molar-refractivity contribution in [3.8, 4) is 5.75 Å². The summed E-state index contributed by atoms with van der Waals surface area (Å²) in [6, 6.07) is 8.38. The van der Waals surface area contributed by atoms with E-state index in [1.807, 2.05) is 0 Å². The first-order valence-electron chi connectivity index (χ1n) is 6.84. The number of unbranched alkanes of at least 4 members (excludes halogenated alkanes) is 5. The zero-order valence-corrected chi connectivity index (χ0v) is 13.6. The molecule has 117 valence electrons. The molecule has 0 spiro atoms. The van der Waals surface area contributed by atoms with Gasteiger partial charge in [0.1, 0.15) is 5.75 Å². The third-order valence-corrected chi connectivity index (χ3v) is 3.64. The van der Waals surface area contributed by atoms with Crippen LogP contribution in [0.5, 0.6) is 5.75 Å². The van der Waals surface area contributed by atoms with Crippen LogP contribution in [0.3, 0.4) is 0 Å². The summed E-state index contributed by atoms with van der Waals surface area (Å²) in [6.45, 7) is 2.36. The van der Waals surface area contributed by atoms with E-state index in [9.17, 15) is 9.46 Å². The monoisotopic (exact) mass is 343 g/mol. The molecule has 0 aromatic heterocycles. The first-order chi connectivity index (χ1) is 9.14. The fourth-order valence-corrected chi connectivity index (χ4v) is 2.48. The predicted molar refractivity (Wildman–Crippen MR) is 74.0 cm³/mol. The van der Waals surface area contributed by atoms with E-state index in [0.29, 0.717) is 0 Å². The van der Waals surface area contributed by atoms with E-state index in [4.69, 9.17) is 9.05 Å². The molecular formula is C14H22NiO4P. The largest absolute Gasteiger partial charge is 1.00 e. The molecule has 1 unspecified atom stereocenters. The molecule has 0 N–H and O–H groups in total. The number of benzene rings is 1. The number of hydrogen-bond acceptors (Lipinski definition) is 4. The Bertz CT molecular complexity index is 386. The molecule has 0 aliphatic heterocycles. The minimum Gasteiger partial charge on any atom is -0.746 e. The van der Waals surface area contributed by atoms with Crippen molar-refractivity contribution in [1.82, 2.24) is 0 Å². The SMILES string of the molecule is CCCCCCCCOP(=O)([O-])Oc1ccccc1.[Ni+]. The second-order valence-electron chi connectivity index (χ2n) is 4.45. The van der Waals surface area contributed by atoms with Crippen molar-refractivity contribution in [3.05, 3.63) is 30.3 Å². The van der Waals surface area contributed by atoms with Gasteiger partial charge in [0, 0.05) is 0 Å². The molecule has 20 heavy (non-hydrogen) atoms. The van der Waals surface area contributed by atoms with Crippen LogP contribution < -0.4 is 9.42 Å². The third kappa shape index (κ3) is 9.55. The van der Waals surface area contributed by atoms with E-state index < -0.39 is 7.82 Å². The van der Waals surface area contributed by atoms with E-state index in [0.717, 1.165) is 19.3 Å². The van der Waals surface area contributed by atoms with Crippen molar-refractivity contribution in [3.63, 3.8) is 0 Å². The van der Waals surface area contributed by atoms with Gasteiger partial charge in [0.2, 0.25) is 0 Å². The normalized spacial score (nSPS) is 13.3. The molecule has 0 saturated carbocycles. The van der Waals surface area contributed by atoms with E-state index in [2.05, 4.69) is 6.92 Å². The summed E-state index contributed by atoms with van der Waals surface area (Å²) >= 11 is 0. The molecule has 0 aliphatic carbocycles. The molecule has 4 nitrogen and oxygen atoms in total. The summed E-state index contributed by atoms with van der Waals surface area (Å²) < 4.78 is 21.2. The summed E-state index contributed by atoms with van der Waals surface area (Å²) in [6.07, 6.45) is 6.50. The fraction of sp³-hybridized carbons (Fsp3) is 0.571. The molecule has 1 aromatic carbocycles. The standard InChI is InChI=1S/C14H23O4P.Ni/c1-2-3-4-5-6-10-13-17-19(15,16)18-14-11-8-7-9-12-14;/h7-9,11-12H,2-6,10,13H2,1H3,(H,15,16);/q;+1/p-1. The molecule has 6 heteroatoms. The van der Waals surface area contributed by atoms with Crippen molar-refractivity contribution >= 4 is 7.82 Å². The maximum Gasteiger partial charge on any atom is 1.00 e. The Hall–Kier alpha value is -0.336. The molecule has 1 aromatic rings. The minimum atomic E-state index is -4.23. The van der Waals surface area contributed by atoms with Gasteiger partial charge < -0.3 is 13.9 Å². The van der Waals surface area contributed by atoms with E-state index >= 15 is 0 Å². The second-order valence-corrected chi connectivity index (χ2v) is 5.79. The molecule has 1 atom stereocenters. The Labute approximate surface area is 131 Å². The van der Waals surface area contributed by atoms with Crippen LogP contribution in [0, 0.1) is 0 Å². The van der Waals surface area contributed by atoms with Gasteiger partial charge >= 0.3 is 24.3 Å². The van der Waals surface area contributed by atoms with Crippen molar-refractivity contribution in [2.75, 3.05) is 6.61 Å². The fourth-order valence-electron chi connectivity index (χ4n) is 1.70. The maximum atomic E-state index is 11.5. The Kier molecular flexibility index (Phi) is 11.1. The number of phosphoric acid groups is 1. The number of para-hydroxylation sites is 1. The van der Waals surface area contributed by atoms with Crippen LogP contribution in [0.1, 0.15) is 45.4 Å². The average molecular weight is 344 g/mol. The van der Waals surface area contributed by atoms with Crippen molar-refractivity contribution < 1.29 is 35.0 Å². The topological polar surface area (TPSA) is 58.6 Å². The van der Waals surface area contributed by atoms with Gasteiger partial charge in [-0.25, -0.2) is 0 Å². The first-order valence-corrected chi connectivity index (χ1v) is 8.30. The van der Waals surface area contributed by atoms with E-state index in [-0.39, 0.29) is 28.8 Å². The Morgan fingerprint density at radius 3 is 2.30 bits per heavy atom. The van der Waals surface area contributed by atoms with E-state index in [1.165, 1.54) is 19.3 Å². The van der Waals surface area contributed by atoms with E-state index in [1.54, 1.807) is 30.3 Å². The van der Waals surface area contributed by atoms with Gasteiger partial charge in [0.25, 0.3) is 0 Å². The van der Waals surface area contributed by atoms with Gasteiger partial charge in [-0.05, 0) is 18.6 Å². The minimum absolute atomic E-state index is 0. The number of hydrogen-bond donors (Lipinski definition) is 0. The van der Waals surface area contributed by atoms with Crippen molar-refractivity contribution in [2.45, 2.75) is 45.4 Å². The molecule has 0 aliphatic rings. The molecule has 0 bridgehead atoms. The van der Waals surface area contributed by atoms with Crippen molar-refractivity contribution in [1.29, 1.82) is 0 Å². The smallest absolute Gasteiger partial charge is 0.746 e. The third-order valence-electron chi connectivity index (χ3n) is 2.71. The number of phosphoric ester groups is 1. The van der Waals surface area contributed by atoms with Crippen LogP contribution in [0.2, 0.25) is 0 Å². The van der Waals surface area contributed by atoms with Crippen LogP contribution in [-0.2, 0) is 25.6 Å². The molecule has 1 rings (SSSR count). The molecule has 1 radical (unpaired) electrons. The Morgan fingerprint density at radius 2 is 1.65 bits per heavy atom. The summed E-state index contributed by atoms with van der Waals surface area (Å²) in [5.74, 6) is 0.281. The second kappa shape index (κ2) is 11.3. The summed E-state index contributed by atoms with van der Waals surface area (Å²) in [5, 5.41) is 0. The van der Waals surface area contributed by atoms with Crippen LogP contribution in [0.4, 0.5) is 0 Å². The Balaban J connectivity index is 0.00000361. The van der Waals surface area contributed by atoms with Gasteiger partial charge in [-0.3, -0.25) is 4.57 Å². The molecule has 0 saturated heterocycles. The summed E-state index contributed by atoms with van der Waals surface area (Å²) in [5.41, 5.74) is 0. The maximum absolute atomic E-state index is 11.5. The van der Waals surface area contributed by atoms with Gasteiger partial charge in [-0.2, -0.15) is 0 Å². The molecular weight excluding hydrogens is 322 g/mol. The molecule has 0 fully saturated rings. The quantitative estimate of drug-likeness (QED) is 0.367. The van der Waals surface area contributed by atoms with Crippen LogP contribution in [-0.4, -0.2) is 6.61 Å². The first kappa shape index (κ1) is 19.7. The van der Waals surface area contributed by atoms with Gasteiger partial charge in [0.15, 0.2) is 0 Å². The number of rotatable bonds is 10.